The topological polar surface area (TPSA) is 99.7 Å². The van der Waals surface area contributed by atoms with Gasteiger partial charge in [-0.3, -0.25) is 4.79 Å². The predicted octanol–water partition coefficient (Wildman–Crippen LogP) is 0.748. The Labute approximate surface area is 125 Å². The molecule has 2 aromatic rings. The molecule has 9 heteroatoms. The van der Waals surface area contributed by atoms with Crippen molar-refractivity contribution in [3.63, 3.8) is 0 Å². The van der Waals surface area contributed by atoms with Gasteiger partial charge >= 0.3 is 0 Å². The lowest BCUT2D eigenvalue weighted by Crippen LogP contribution is -2.21. The first kappa shape index (κ1) is 13.8. The minimum Gasteiger partial charge on any atom is -0.357 e. The van der Waals surface area contributed by atoms with E-state index in [0.717, 1.165) is 25.9 Å². The van der Waals surface area contributed by atoms with Gasteiger partial charge in [-0.1, -0.05) is 0 Å². The first-order chi connectivity index (χ1) is 10.2. The molecule has 0 aromatic carbocycles. The molecule has 3 rings (SSSR count). The van der Waals surface area contributed by atoms with Crippen LogP contribution in [0.15, 0.2) is 27.4 Å². The molecular weight excluding hydrogens is 290 g/mol. The molecule has 1 fully saturated rings. The van der Waals surface area contributed by atoms with Gasteiger partial charge in [0, 0.05) is 32.4 Å². The SMILES string of the molecule is CNc1nc(Sc2nccc(=O)[nH]2)nc(N2CCCC2)n1. The molecule has 0 unspecified atom stereocenters. The second kappa shape index (κ2) is 6.08. The molecule has 0 bridgehead atoms. The molecule has 1 saturated heterocycles. The van der Waals surface area contributed by atoms with E-state index in [1.807, 2.05) is 0 Å². The van der Waals surface area contributed by atoms with Crippen LogP contribution < -0.4 is 15.8 Å². The second-order valence-electron chi connectivity index (χ2n) is 4.53. The van der Waals surface area contributed by atoms with E-state index in [4.69, 9.17) is 0 Å². The molecule has 0 aliphatic carbocycles. The number of anilines is 2. The molecule has 3 heterocycles. The molecular formula is C12H15N7OS. The van der Waals surface area contributed by atoms with Crippen LogP contribution in [0.25, 0.3) is 0 Å². The van der Waals surface area contributed by atoms with Gasteiger partial charge in [0.15, 0.2) is 5.16 Å². The van der Waals surface area contributed by atoms with Crippen LogP contribution in [-0.4, -0.2) is 45.1 Å². The van der Waals surface area contributed by atoms with Gasteiger partial charge in [-0.15, -0.1) is 0 Å². The van der Waals surface area contributed by atoms with Crippen molar-refractivity contribution in [2.75, 3.05) is 30.4 Å². The summed E-state index contributed by atoms with van der Waals surface area (Å²) in [6.07, 6.45) is 3.76. The Kier molecular flexibility index (Phi) is 4.00. The molecule has 8 nitrogen and oxygen atoms in total. The summed E-state index contributed by atoms with van der Waals surface area (Å²) in [6.45, 7) is 1.91. The standard InChI is InChI=1S/C12H15N7OS/c1-13-9-16-10(19-6-2-3-7-19)18-12(17-9)21-11-14-5-4-8(20)15-11/h4-5H,2-3,6-7H2,1H3,(H,14,15,20)(H,13,16,17,18). The number of hydrogen-bond donors (Lipinski definition) is 2. The lowest BCUT2D eigenvalue weighted by Gasteiger charge is -2.16. The number of H-pyrrole nitrogens is 1. The van der Waals surface area contributed by atoms with Crippen LogP contribution in [0.1, 0.15) is 12.8 Å². The fourth-order valence-corrected chi connectivity index (χ4v) is 2.75. The van der Waals surface area contributed by atoms with Crippen molar-refractivity contribution in [2.45, 2.75) is 23.2 Å². The summed E-state index contributed by atoms with van der Waals surface area (Å²) < 4.78 is 0. The third kappa shape index (κ3) is 3.30. The summed E-state index contributed by atoms with van der Waals surface area (Å²) in [5.74, 6) is 1.17. The van der Waals surface area contributed by atoms with Gasteiger partial charge in [-0.05, 0) is 24.6 Å². The lowest BCUT2D eigenvalue weighted by molar-refractivity contribution is 0.825. The fourth-order valence-electron chi connectivity index (χ4n) is 2.05. The number of nitrogens with one attached hydrogen (secondary N) is 2. The van der Waals surface area contributed by atoms with Crippen LogP contribution in [-0.2, 0) is 0 Å². The number of nitrogens with zero attached hydrogens (tertiary/aromatic N) is 5. The molecule has 2 N–H and O–H groups in total. The summed E-state index contributed by atoms with van der Waals surface area (Å²) in [7, 11) is 1.76. The second-order valence-corrected chi connectivity index (χ2v) is 5.48. The van der Waals surface area contributed by atoms with Crippen molar-refractivity contribution in [2.24, 2.45) is 0 Å². The lowest BCUT2D eigenvalue weighted by atomic mass is 10.4. The highest BCUT2D eigenvalue weighted by Gasteiger charge is 2.17. The monoisotopic (exact) mass is 305 g/mol. The van der Waals surface area contributed by atoms with E-state index in [2.05, 4.69) is 35.1 Å². The van der Waals surface area contributed by atoms with Crippen molar-refractivity contribution in [1.82, 2.24) is 24.9 Å². The van der Waals surface area contributed by atoms with Gasteiger partial charge in [0.2, 0.25) is 17.1 Å². The summed E-state index contributed by atoms with van der Waals surface area (Å²) in [5, 5.41) is 3.90. The number of rotatable bonds is 4. The van der Waals surface area contributed by atoms with Gasteiger partial charge in [-0.2, -0.15) is 15.0 Å². The quantitative estimate of drug-likeness (QED) is 0.798. The first-order valence-electron chi connectivity index (χ1n) is 6.66. The van der Waals surface area contributed by atoms with E-state index in [1.54, 1.807) is 7.05 Å². The minimum absolute atomic E-state index is 0.199. The van der Waals surface area contributed by atoms with Crippen LogP contribution >= 0.6 is 11.8 Å². The largest absolute Gasteiger partial charge is 0.357 e. The normalized spacial score (nSPS) is 14.4. The van der Waals surface area contributed by atoms with E-state index in [0.29, 0.717) is 22.2 Å². The van der Waals surface area contributed by atoms with E-state index in [-0.39, 0.29) is 5.56 Å². The van der Waals surface area contributed by atoms with E-state index >= 15 is 0 Å². The van der Waals surface area contributed by atoms with Crippen LogP contribution in [0, 0.1) is 0 Å². The van der Waals surface area contributed by atoms with Crippen LogP contribution in [0.5, 0.6) is 0 Å². The molecule has 1 aliphatic rings. The fraction of sp³-hybridized carbons (Fsp3) is 0.417. The minimum atomic E-state index is -0.199. The molecule has 110 valence electrons. The number of aromatic amines is 1. The Morgan fingerprint density at radius 2 is 2.10 bits per heavy atom. The first-order valence-corrected chi connectivity index (χ1v) is 7.48. The highest BCUT2D eigenvalue weighted by Crippen LogP contribution is 2.24. The zero-order chi connectivity index (χ0) is 14.7. The molecule has 2 aromatic heterocycles. The Morgan fingerprint density at radius 1 is 1.29 bits per heavy atom. The zero-order valence-corrected chi connectivity index (χ0v) is 12.4. The molecule has 0 radical (unpaired) electrons. The Morgan fingerprint density at radius 3 is 2.81 bits per heavy atom. The Balaban J connectivity index is 1.90. The Bertz CT molecular complexity index is 683. The van der Waals surface area contributed by atoms with E-state index in [9.17, 15) is 4.79 Å². The summed E-state index contributed by atoms with van der Waals surface area (Å²) in [4.78, 5) is 33.3. The van der Waals surface area contributed by atoms with Crippen LogP contribution in [0.3, 0.4) is 0 Å². The molecule has 0 amide bonds. The zero-order valence-electron chi connectivity index (χ0n) is 11.5. The van der Waals surface area contributed by atoms with Gasteiger partial charge in [0.1, 0.15) is 0 Å². The van der Waals surface area contributed by atoms with Crippen molar-refractivity contribution in [3.8, 4) is 0 Å². The third-order valence-corrected chi connectivity index (χ3v) is 3.82. The van der Waals surface area contributed by atoms with Crippen molar-refractivity contribution in [3.05, 3.63) is 22.6 Å². The Hall–Kier alpha value is -2.16. The maximum atomic E-state index is 11.3. The van der Waals surface area contributed by atoms with Crippen molar-refractivity contribution >= 4 is 23.7 Å². The van der Waals surface area contributed by atoms with E-state index < -0.39 is 0 Å². The van der Waals surface area contributed by atoms with Gasteiger partial charge in [0.05, 0.1) is 0 Å². The summed E-state index contributed by atoms with van der Waals surface area (Å²) in [5.41, 5.74) is -0.199. The average molecular weight is 305 g/mol. The maximum absolute atomic E-state index is 11.3. The molecule has 21 heavy (non-hydrogen) atoms. The highest BCUT2D eigenvalue weighted by atomic mass is 32.2. The number of aromatic nitrogens is 5. The van der Waals surface area contributed by atoms with E-state index in [1.165, 1.54) is 24.0 Å². The summed E-state index contributed by atoms with van der Waals surface area (Å²) in [6, 6.07) is 1.37. The summed E-state index contributed by atoms with van der Waals surface area (Å²) >= 11 is 1.21. The highest BCUT2D eigenvalue weighted by molar-refractivity contribution is 7.99. The average Bonchev–Trinajstić information content (AvgIpc) is 3.01. The van der Waals surface area contributed by atoms with Gasteiger partial charge in [-0.25, -0.2) is 4.98 Å². The maximum Gasteiger partial charge on any atom is 0.251 e. The predicted molar refractivity (Wildman–Crippen MR) is 79.8 cm³/mol. The molecule has 0 saturated carbocycles. The van der Waals surface area contributed by atoms with Crippen LogP contribution in [0.4, 0.5) is 11.9 Å². The molecule has 1 aliphatic heterocycles. The molecule has 0 atom stereocenters. The van der Waals surface area contributed by atoms with Crippen molar-refractivity contribution < 1.29 is 0 Å². The smallest absolute Gasteiger partial charge is 0.251 e. The van der Waals surface area contributed by atoms with Gasteiger partial charge in [0.25, 0.3) is 5.56 Å². The molecule has 0 spiro atoms. The number of hydrogen-bond acceptors (Lipinski definition) is 8. The van der Waals surface area contributed by atoms with Crippen LogP contribution in [0.2, 0.25) is 0 Å². The third-order valence-electron chi connectivity index (χ3n) is 3.05. The van der Waals surface area contributed by atoms with Crippen molar-refractivity contribution in [1.29, 1.82) is 0 Å². The van der Waals surface area contributed by atoms with Gasteiger partial charge < -0.3 is 15.2 Å².